The number of thiophene rings is 1. The predicted molar refractivity (Wildman–Crippen MR) is 82.5 cm³/mol. The molecule has 2 rings (SSSR count). The molecular formula is C14H14ClN3OS. The number of amides is 1. The smallest absolute Gasteiger partial charge is 0.267 e. The van der Waals surface area contributed by atoms with Crippen LogP contribution in [0.2, 0.25) is 4.34 Å². The lowest BCUT2D eigenvalue weighted by molar-refractivity contribution is 0.0954. The van der Waals surface area contributed by atoms with Gasteiger partial charge in [-0.15, -0.1) is 11.3 Å². The number of rotatable bonds is 5. The molecule has 0 aliphatic carbocycles. The van der Waals surface area contributed by atoms with Gasteiger partial charge in [-0.25, -0.2) is 5.43 Å². The van der Waals surface area contributed by atoms with E-state index in [2.05, 4.69) is 22.4 Å². The number of hydrogen-bond acceptors (Lipinski definition) is 4. The van der Waals surface area contributed by atoms with Crippen LogP contribution in [0.5, 0.6) is 0 Å². The Labute approximate surface area is 126 Å². The van der Waals surface area contributed by atoms with Crippen LogP contribution < -0.4 is 5.43 Å². The second-order valence-corrected chi connectivity index (χ2v) is 5.80. The molecule has 0 saturated heterocycles. The molecule has 0 spiro atoms. The van der Waals surface area contributed by atoms with Gasteiger partial charge in [0.15, 0.2) is 0 Å². The number of carbonyl (C=O) groups is 1. The molecule has 0 aliphatic heterocycles. The number of nitrogens with zero attached hydrogens (tertiary/aromatic N) is 2. The van der Waals surface area contributed by atoms with Gasteiger partial charge in [0.1, 0.15) is 0 Å². The van der Waals surface area contributed by atoms with Crippen molar-refractivity contribution in [1.29, 1.82) is 0 Å². The predicted octanol–water partition coefficient (Wildman–Crippen LogP) is 3.73. The summed E-state index contributed by atoms with van der Waals surface area (Å²) in [4.78, 5) is 16.8. The molecule has 0 atom stereocenters. The van der Waals surface area contributed by atoms with Crippen LogP contribution >= 0.6 is 22.9 Å². The van der Waals surface area contributed by atoms with Crippen LogP contribution in [0.4, 0.5) is 0 Å². The lowest BCUT2D eigenvalue weighted by atomic mass is 10.2. The minimum absolute atomic E-state index is 0.247. The Morgan fingerprint density at radius 2 is 2.10 bits per heavy atom. The van der Waals surface area contributed by atoms with E-state index in [1.807, 2.05) is 12.1 Å². The van der Waals surface area contributed by atoms with E-state index >= 15 is 0 Å². The molecule has 1 N–H and O–H groups in total. The van der Waals surface area contributed by atoms with Crippen molar-refractivity contribution in [3.05, 3.63) is 51.4 Å². The van der Waals surface area contributed by atoms with Crippen LogP contribution in [0.15, 0.2) is 41.8 Å². The first-order valence-electron chi connectivity index (χ1n) is 6.23. The highest BCUT2D eigenvalue weighted by atomic mass is 35.5. The average molecular weight is 308 g/mol. The molecular weight excluding hydrogens is 294 g/mol. The molecule has 0 aliphatic rings. The summed E-state index contributed by atoms with van der Waals surface area (Å²) in [5, 5.41) is 4.22. The maximum absolute atomic E-state index is 11.9. The molecule has 2 aromatic heterocycles. The number of aromatic nitrogens is 1. The van der Waals surface area contributed by atoms with Gasteiger partial charge in [0, 0.05) is 18.0 Å². The zero-order valence-electron chi connectivity index (χ0n) is 11.0. The Hall–Kier alpha value is -1.72. The summed E-state index contributed by atoms with van der Waals surface area (Å²) in [5.41, 5.74) is 3.95. The van der Waals surface area contributed by atoms with Gasteiger partial charge >= 0.3 is 0 Å². The third-order valence-corrected chi connectivity index (χ3v) is 3.86. The first-order valence-corrected chi connectivity index (χ1v) is 7.42. The van der Waals surface area contributed by atoms with Crippen LogP contribution in [0.25, 0.3) is 0 Å². The summed E-state index contributed by atoms with van der Waals surface area (Å²) in [5.74, 6) is -0.247. The van der Waals surface area contributed by atoms with E-state index in [0.29, 0.717) is 9.90 Å². The zero-order valence-corrected chi connectivity index (χ0v) is 12.5. The van der Waals surface area contributed by atoms with E-state index < -0.39 is 0 Å². The second kappa shape index (κ2) is 7.17. The van der Waals surface area contributed by atoms with Gasteiger partial charge in [0.25, 0.3) is 5.91 Å². The van der Waals surface area contributed by atoms with E-state index in [-0.39, 0.29) is 5.91 Å². The van der Waals surface area contributed by atoms with E-state index in [1.165, 1.54) is 11.3 Å². The molecule has 0 aromatic carbocycles. The molecule has 20 heavy (non-hydrogen) atoms. The quantitative estimate of drug-likeness (QED) is 0.676. The van der Waals surface area contributed by atoms with Crippen molar-refractivity contribution in [3.8, 4) is 0 Å². The lowest BCUT2D eigenvalue weighted by Crippen LogP contribution is -2.19. The highest BCUT2D eigenvalue weighted by molar-refractivity contribution is 7.18. The Bertz CT molecular complexity index is 610. The third-order valence-electron chi connectivity index (χ3n) is 2.58. The van der Waals surface area contributed by atoms with Crippen LogP contribution in [-0.4, -0.2) is 16.6 Å². The van der Waals surface area contributed by atoms with E-state index in [1.54, 1.807) is 24.5 Å². The summed E-state index contributed by atoms with van der Waals surface area (Å²) in [7, 11) is 0. The van der Waals surface area contributed by atoms with Crippen LogP contribution in [-0.2, 0) is 0 Å². The van der Waals surface area contributed by atoms with Gasteiger partial charge in [-0.3, -0.25) is 9.78 Å². The summed E-state index contributed by atoms with van der Waals surface area (Å²) in [6, 6.07) is 7.04. The maximum Gasteiger partial charge on any atom is 0.271 e. The zero-order chi connectivity index (χ0) is 14.4. The van der Waals surface area contributed by atoms with Crippen LogP contribution in [0.3, 0.4) is 0 Å². The number of halogens is 1. The standard InChI is InChI=1S/C14H14ClN3OS/c1-2-3-11(12-4-5-13(15)20-12)17-18-14(19)10-6-8-16-9-7-10/h4-9H,2-3H2,1H3,(H,18,19). The first kappa shape index (κ1) is 14.7. The Balaban J connectivity index is 2.12. The molecule has 0 fully saturated rings. The highest BCUT2D eigenvalue weighted by Crippen LogP contribution is 2.23. The van der Waals surface area contributed by atoms with Crippen molar-refractivity contribution >= 4 is 34.6 Å². The van der Waals surface area contributed by atoms with Gasteiger partial charge in [0.2, 0.25) is 0 Å². The Morgan fingerprint density at radius 3 is 2.70 bits per heavy atom. The number of nitrogens with one attached hydrogen (secondary N) is 1. The highest BCUT2D eigenvalue weighted by Gasteiger charge is 2.08. The molecule has 104 valence electrons. The molecule has 0 saturated carbocycles. The van der Waals surface area contributed by atoms with Crippen molar-refractivity contribution in [1.82, 2.24) is 10.4 Å². The molecule has 2 aromatic rings. The Kier molecular flexibility index (Phi) is 5.26. The maximum atomic E-state index is 11.9. The third kappa shape index (κ3) is 3.88. The topological polar surface area (TPSA) is 54.4 Å². The van der Waals surface area contributed by atoms with E-state index in [4.69, 9.17) is 11.6 Å². The SMILES string of the molecule is CCCC(=NNC(=O)c1ccncc1)c1ccc(Cl)s1. The number of carbonyl (C=O) groups excluding carboxylic acids is 1. The lowest BCUT2D eigenvalue weighted by Gasteiger charge is -2.04. The van der Waals surface area contributed by atoms with Crippen LogP contribution in [0, 0.1) is 0 Å². The Morgan fingerprint density at radius 1 is 1.35 bits per heavy atom. The van der Waals surface area contributed by atoms with Crippen molar-refractivity contribution < 1.29 is 4.79 Å². The van der Waals surface area contributed by atoms with Crippen LogP contribution in [0.1, 0.15) is 35.0 Å². The first-order chi connectivity index (χ1) is 9.70. The average Bonchev–Trinajstić information content (AvgIpc) is 2.90. The normalized spacial score (nSPS) is 11.4. The fraction of sp³-hybridized carbons (Fsp3) is 0.214. The summed E-state index contributed by atoms with van der Waals surface area (Å²) < 4.78 is 0.712. The summed E-state index contributed by atoms with van der Waals surface area (Å²) in [6.07, 6.45) is 4.88. The minimum Gasteiger partial charge on any atom is -0.267 e. The van der Waals surface area contributed by atoms with E-state index in [9.17, 15) is 4.79 Å². The van der Waals surface area contributed by atoms with Crippen molar-refractivity contribution in [2.75, 3.05) is 0 Å². The van der Waals surface area contributed by atoms with Crippen molar-refractivity contribution in [3.63, 3.8) is 0 Å². The molecule has 4 nitrogen and oxygen atoms in total. The number of pyridine rings is 1. The number of hydrazone groups is 1. The summed E-state index contributed by atoms with van der Waals surface area (Å²) in [6.45, 7) is 2.06. The fourth-order valence-electron chi connectivity index (χ4n) is 1.63. The minimum atomic E-state index is -0.247. The van der Waals surface area contributed by atoms with Gasteiger partial charge in [0.05, 0.1) is 14.9 Å². The summed E-state index contributed by atoms with van der Waals surface area (Å²) >= 11 is 7.39. The van der Waals surface area contributed by atoms with Gasteiger partial charge < -0.3 is 0 Å². The second-order valence-electron chi connectivity index (χ2n) is 4.09. The molecule has 1 amide bonds. The van der Waals surface area contributed by atoms with Gasteiger partial charge in [-0.2, -0.15) is 5.10 Å². The molecule has 0 unspecified atom stereocenters. The van der Waals surface area contributed by atoms with Crippen molar-refractivity contribution in [2.24, 2.45) is 5.10 Å². The fourth-order valence-corrected chi connectivity index (χ4v) is 2.69. The molecule has 6 heteroatoms. The van der Waals surface area contributed by atoms with Gasteiger partial charge in [-0.1, -0.05) is 24.9 Å². The molecule has 0 radical (unpaired) electrons. The largest absolute Gasteiger partial charge is 0.271 e. The monoisotopic (exact) mass is 307 g/mol. The van der Waals surface area contributed by atoms with Gasteiger partial charge in [-0.05, 0) is 30.7 Å². The molecule has 0 bridgehead atoms. The number of hydrogen-bond donors (Lipinski definition) is 1. The van der Waals surface area contributed by atoms with Crippen molar-refractivity contribution in [2.45, 2.75) is 19.8 Å². The molecule has 2 heterocycles. The van der Waals surface area contributed by atoms with E-state index in [0.717, 1.165) is 23.4 Å².